The third kappa shape index (κ3) is 3.91. The van der Waals surface area contributed by atoms with Crippen molar-refractivity contribution in [3.05, 3.63) is 35.7 Å². The summed E-state index contributed by atoms with van der Waals surface area (Å²) in [5.41, 5.74) is 1.00. The minimum absolute atomic E-state index is 0.180. The molecule has 0 aliphatic heterocycles. The first kappa shape index (κ1) is 13.3. The number of carbonyl (C=O) groups excluding carboxylic acids is 1. The highest BCUT2D eigenvalue weighted by atomic mass is 16.4. The van der Waals surface area contributed by atoms with Gasteiger partial charge in [-0.05, 0) is 36.5 Å². The lowest BCUT2D eigenvalue weighted by Crippen LogP contribution is -2.32. The number of nitrogens with zero attached hydrogens (tertiary/aromatic N) is 1. The Hall–Kier alpha value is -2.17. The summed E-state index contributed by atoms with van der Waals surface area (Å²) in [7, 11) is 0. The van der Waals surface area contributed by atoms with Gasteiger partial charge < -0.3 is 10.4 Å². The number of carboxylic acid groups (broad SMARTS) is 1. The van der Waals surface area contributed by atoms with Crippen LogP contribution in [0.4, 0.5) is 0 Å². The number of amides is 1. The van der Waals surface area contributed by atoms with E-state index in [9.17, 15) is 9.59 Å². The largest absolute Gasteiger partial charge is 0.478 e. The van der Waals surface area contributed by atoms with Crippen LogP contribution in [-0.4, -0.2) is 28.5 Å². The zero-order valence-corrected chi connectivity index (χ0v) is 10.5. The normalized spacial score (nSPS) is 15.2. The van der Waals surface area contributed by atoms with E-state index in [0.29, 0.717) is 23.7 Å². The number of aliphatic carboxylic acids is 1. The zero-order chi connectivity index (χ0) is 13.7. The first-order valence-electron chi connectivity index (χ1n) is 6.30. The van der Waals surface area contributed by atoms with E-state index in [-0.39, 0.29) is 5.91 Å². The predicted octanol–water partition coefficient (Wildman–Crippen LogP) is 1.71. The van der Waals surface area contributed by atoms with Gasteiger partial charge in [0.05, 0.1) is 0 Å². The summed E-state index contributed by atoms with van der Waals surface area (Å²) in [5, 5.41) is 11.4. The molecule has 1 aliphatic rings. The van der Waals surface area contributed by atoms with Crippen molar-refractivity contribution >= 4 is 18.0 Å². The summed E-state index contributed by atoms with van der Waals surface area (Å²) >= 11 is 0. The number of hydrogen-bond acceptors (Lipinski definition) is 3. The molecule has 0 unspecified atom stereocenters. The van der Waals surface area contributed by atoms with Crippen LogP contribution in [0, 0.1) is 5.92 Å². The van der Waals surface area contributed by atoms with E-state index in [4.69, 9.17) is 5.11 Å². The maximum Gasteiger partial charge on any atom is 0.328 e. The summed E-state index contributed by atoms with van der Waals surface area (Å²) in [6.07, 6.45) is 7.58. The minimum Gasteiger partial charge on any atom is -0.478 e. The Kier molecular flexibility index (Phi) is 4.28. The van der Waals surface area contributed by atoms with Gasteiger partial charge in [-0.25, -0.2) is 4.79 Å². The van der Waals surface area contributed by atoms with Crippen LogP contribution in [-0.2, 0) is 4.79 Å². The highest BCUT2D eigenvalue weighted by molar-refractivity contribution is 5.92. The fraction of sp³-hybridized carbons (Fsp3) is 0.357. The van der Waals surface area contributed by atoms with Crippen molar-refractivity contribution in [2.75, 3.05) is 6.54 Å². The number of hydrogen-bond donors (Lipinski definition) is 2. The average Bonchev–Trinajstić information content (AvgIpc) is 2.35. The molecule has 0 bridgehead atoms. The van der Waals surface area contributed by atoms with Crippen molar-refractivity contribution in [3.63, 3.8) is 0 Å². The second-order valence-corrected chi connectivity index (χ2v) is 4.66. The number of carboxylic acids is 1. The van der Waals surface area contributed by atoms with Gasteiger partial charge in [0.25, 0.3) is 5.91 Å². The lowest BCUT2D eigenvalue weighted by molar-refractivity contribution is -0.131. The van der Waals surface area contributed by atoms with E-state index in [2.05, 4.69) is 10.3 Å². The number of aromatic nitrogens is 1. The highest BCUT2D eigenvalue weighted by Gasteiger charge is 2.18. The molecule has 2 N–H and O–H groups in total. The molecular formula is C14H16N2O3. The number of pyridine rings is 1. The van der Waals surface area contributed by atoms with Crippen LogP contribution in [0.25, 0.3) is 6.08 Å². The Balaban J connectivity index is 1.89. The molecule has 0 atom stereocenters. The van der Waals surface area contributed by atoms with Gasteiger partial charge in [0.15, 0.2) is 0 Å². The molecule has 0 radical (unpaired) electrons. The van der Waals surface area contributed by atoms with E-state index >= 15 is 0 Å². The quantitative estimate of drug-likeness (QED) is 0.790. The smallest absolute Gasteiger partial charge is 0.328 e. The molecule has 1 aromatic rings. The van der Waals surface area contributed by atoms with Crippen LogP contribution < -0.4 is 5.32 Å². The first-order chi connectivity index (χ1) is 9.15. The summed E-state index contributed by atoms with van der Waals surface area (Å²) in [5.74, 6) is -0.579. The molecule has 0 saturated heterocycles. The van der Waals surface area contributed by atoms with Gasteiger partial charge in [-0.15, -0.1) is 0 Å². The summed E-state index contributed by atoms with van der Waals surface area (Å²) in [4.78, 5) is 26.2. The second kappa shape index (κ2) is 6.13. The van der Waals surface area contributed by atoms with Crippen molar-refractivity contribution in [2.24, 2.45) is 5.92 Å². The lowest BCUT2D eigenvalue weighted by Gasteiger charge is -2.25. The topological polar surface area (TPSA) is 79.3 Å². The van der Waals surface area contributed by atoms with Crippen molar-refractivity contribution in [1.82, 2.24) is 10.3 Å². The maximum absolute atomic E-state index is 11.8. The standard InChI is InChI=1S/C14H16N2O3/c17-13(18)7-5-11-4-6-12(15-8-11)14(19)16-9-10-2-1-3-10/h4-8,10H,1-3,9H2,(H,16,19)(H,17,18). The molecule has 1 fully saturated rings. The summed E-state index contributed by atoms with van der Waals surface area (Å²) in [6.45, 7) is 0.710. The van der Waals surface area contributed by atoms with Crippen molar-refractivity contribution in [1.29, 1.82) is 0 Å². The van der Waals surface area contributed by atoms with Gasteiger partial charge in [-0.1, -0.05) is 12.5 Å². The van der Waals surface area contributed by atoms with Gasteiger partial charge in [0.1, 0.15) is 5.69 Å². The van der Waals surface area contributed by atoms with Crippen LogP contribution in [0.3, 0.4) is 0 Å². The number of nitrogens with one attached hydrogen (secondary N) is 1. The van der Waals surface area contributed by atoms with Gasteiger partial charge in [0, 0.05) is 18.8 Å². The molecule has 0 aromatic carbocycles. The molecule has 1 amide bonds. The SMILES string of the molecule is O=C(O)C=Cc1ccc(C(=O)NCC2CCC2)nc1. The molecule has 19 heavy (non-hydrogen) atoms. The molecule has 0 spiro atoms. The van der Waals surface area contributed by atoms with Crippen LogP contribution in [0.5, 0.6) is 0 Å². The van der Waals surface area contributed by atoms with E-state index in [1.165, 1.54) is 31.5 Å². The zero-order valence-electron chi connectivity index (χ0n) is 10.5. The Morgan fingerprint density at radius 3 is 2.74 bits per heavy atom. The Morgan fingerprint density at radius 2 is 2.21 bits per heavy atom. The van der Waals surface area contributed by atoms with E-state index in [1.54, 1.807) is 12.1 Å². The minimum atomic E-state index is -1.01. The van der Waals surface area contributed by atoms with Gasteiger partial charge in [0.2, 0.25) is 0 Å². The molecule has 5 nitrogen and oxygen atoms in total. The van der Waals surface area contributed by atoms with Gasteiger partial charge in [-0.2, -0.15) is 0 Å². The Morgan fingerprint density at radius 1 is 1.42 bits per heavy atom. The van der Waals surface area contributed by atoms with Crippen LogP contribution in [0.2, 0.25) is 0 Å². The summed E-state index contributed by atoms with van der Waals surface area (Å²) in [6, 6.07) is 3.27. The molecule has 1 saturated carbocycles. The molecule has 2 rings (SSSR count). The second-order valence-electron chi connectivity index (χ2n) is 4.66. The van der Waals surface area contributed by atoms with E-state index < -0.39 is 5.97 Å². The fourth-order valence-corrected chi connectivity index (χ4v) is 1.83. The predicted molar refractivity (Wildman–Crippen MR) is 70.6 cm³/mol. The van der Waals surface area contributed by atoms with Crippen molar-refractivity contribution < 1.29 is 14.7 Å². The van der Waals surface area contributed by atoms with E-state index in [1.807, 2.05) is 0 Å². The number of carbonyl (C=O) groups is 2. The molecule has 1 aromatic heterocycles. The number of rotatable bonds is 5. The van der Waals surface area contributed by atoms with E-state index in [0.717, 1.165) is 6.08 Å². The average molecular weight is 260 g/mol. The highest BCUT2D eigenvalue weighted by Crippen LogP contribution is 2.25. The maximum atomic E-state index is 11.8. The van der Waals surface area contributed by atoms with Gasteiger partial charge >= 0.3 is 5.97 Å². The van der Waals surface area contributed by atoms with Crippen molar-refractivity contribution in [3.8, 4) is 0 Å². The third-order valence-electron chi connectivity index (χ3n) is 3.21. The monoisotopic (exact) mass is 260 g/mol. The van der Waals surface area contributed by atoms with Crippen LogP contribution in [0.1, 0.15) is 35.3 Å². The molecule has 1 heterocycles. The van der Waals surface area contributed by atoms with Gasteiger partial charge in [-0.3, -0.25) is 9.78 Å². The first-order valence-corrected chi connectivity index (χ1v) is 6.30. The Bertz CT molecular complexity index is 490. The molecule has 100 valence electrons. The lowest BCUT2D eigenvalue weighted by atomic mass is 9.85. The van der Waals surface area contributed by atoms with Crippen molar-refractivity contribution in [2.45, 2.75) is 19.3 Å². The fourth-order valence-electron chi connectivity index (χ4n) is 1.83. The Labute approximate surface area is 111 Å². The summed E-state index contributed by atoms with van der Waals surface area (Å²) < 4.78 is 0. The van der Waals surface area contributed by atoms with Crippen LogP contribution >= 0.6 is 0 Å². The molecule has 1 aliphatic carbocycles. The van der Waals surface area contributed by atoms with Crippen LogP contribution in [0.15, 0.2) is 24.4 Å². The molecular weight excluding hydrogens is 244 g/mol. The third-order valence-corrected chi connectivity index (χ3v) is 3.21. The molecule has 5 heteroatoms.